The Balaban J connectivity index is 2.06. The van der Waals surface area contributed by atoms with E-state index in [1.807, 2.05) is 18.2 Å². The highest BCUT2D eigenvalue weighted by Gasteiger charge is 2.11. The second kappa shape index (κ2) is 5.84. The zero-order chi connectivity index (χ0) is 13.0. The molecule has 1 atom stereocenters. The topological polar surface area (TPSA) is 56.7 Å². The van der Waals surface area contributed by atoms with Crippen molar-refractivity contribution in [2.24, 2.45) is 4.99 Å². The fraction of sp³-hybridized carbons (Fsp3) is 0.308. The van der Waals surface area contributed by atoms with Crippen molar-refractivity contribution >= 4 is 27.4 Å². The van der Waals surface area contributed by atoms with Gasteiger partial charge in [0.05, 0.1) is 0 Å². The number of rotatable bonds is 3. The van der Waals surface area contributed by atoms with E-state index in [1.54, 1.807) is 25.4 Å². The molecule has 0 saturated carbocycles. The third-order valence-electron chi connectivity index (χ3n) is 2.70. The van der Waals surface area contributed by atoms with Gasteiger partial charge in [0, 0.05) is 30.2 Å². The van der Waals surface area contributed by atoms with Gasteiger partial charge in [-0.3, -0.25) is 4.99 Å². The summed E-state index contributed by atoms with van der Waals surface area (Å²) < 4.78 is 1.20. The molecule has 1 unspecified atom stereocenters. The molecule has 96 valence electrons. The van der Waals surface area contributed by atoms with Gasteiger partial charge in [-0.05, 0) is 17.5 Å². The predicted octanol–water partition coefficient (Wildman–Crippen LogP) is 1.73. The minimum absolute atomic E-state index is 0.445. The van der Waals surface area contributed by atoms with E-state index in [9.17, 15) is 5.11 Å². The van der Waals surface area contributed by atoms with Crippen LogP contribution in [0.25, 0.3) is 10.1 Å². The van der Waals surface area contributed by atoms with Crippen molar-refractivity contribution in [2.45, 2.75) is 6.10 Å². The number of aliphatic hydroxyl groups excluding tert-OH is 1. The second-order valence-electron chi connectivity index (χ2n) is 3.91. The Bertz CT molecular complexity index is 517. The summed E-state index contributed by atoms with van der Waals surface area (Å²) in [6.07, 6.45) is -0.521. The van der Waals surface area contributed by atoms with E-state index >= 15 is 0 Å². The first-order chi connectivity index (χ1) is 8.74. The first-order valence-corrected chi connectivity index (χ1v) is 6.61. The maximum Gasteiger partial charge on any atom is 0.190 e. The molecule has 0 spiro atoms. The quantitative estimate of drug-likeness (QED) is 0.584. The number of thiophene rings is 1. The first-order valence-electron chi connectivity index (χ1n) is 5.79. The fourth-order valence-electron chi connectivity index (χ4n) is 1.74. The van der Waals surface area contributed by atoms with Crippen molar-refractivity contribution in [1.29, 1.82) is 0 Å². The van der Waals surface area contributed by atoms with Crippen molar-refractivity contribution in [3.63, 3.8) is 0 Å². The summed E-state index contributed by atoms with van der Waals surface area (Å²) >= 11 is 1.62. The van der Waals surface area contributed by atoms with E-state index in [0.29, 0.717) is 12.5 Å². The zero-order valence-corrected chi connectivity index (χ0v) is 11.3. The number of fused-ring (bicyclic) bond motifs is 1. The molecule has 0 saturated heterocycles. The maximum atomic E-state index is 10.1. The van der Waals surface area contributed by atoms with Gasteiger partial charge in [-0.25, -0.2) is 0 Å². The number of nitrogens with one attached hydrogen (secondary N) is 2. The third-order valence-corrected chi connectivity index (χ3v) is 3.91. The van der Waals surface area contributed by atoms with Crippen LogP contribution in [0.4, 0.5) is 0 Å². The van der Waals surface area contributed by atoms with Crippen molar-refractivity contribution in [1.82, 2.24) is 10.6 Å². The molecule has 0 bridgehead atoms. The van der Waals surface area contributed by atoms with Gasteiger partial charge in [-0.2, -0.15) is 0 Å². The Hall–Kier alpha value is -1.59. The highest BCUT2D eigenvalue weighted by atomic mass is 32.1. The molecular formula is C13H17N3OS. The Kier molecular flexibility index (Phi) is 4.17. The van der Waals surface area contributed by atoms with Crippen molar-refractivity contribution < 1.29 is 5.11 Å². The molecule has 0 aliphatic rings. The highest BCUT2D eigenvalue weighted by molar-refractivity contribution is 7.19. The average molecular weight is 263 g/mol. The van der Waals surface area contributed by atoms with Crippen LogP contribution in [0.15, 0.2) is 35.3 Å². The van der Waals surface area contributed by atoms with Gasteiger partial charge in [0.1, 0.15) is 6.10 Å². The molecule has 1 aromatic heterocycles. The Morgan fingerprint density at radius 3 is 2.89 bits per heavy atom. The van der Waals surface area contributed by atoms with Crippen LogP contribution in [0.1, 0.15) is 11.0 Å². The molecule has 0 amide bonds. The minimum atomic E-state index is -0.521. The van der Waals surface area contributed by atoms with Crippen LogP contribution in [-0.4, -0.2) is 31.7 Å². The molecule has 4 nitrogen and oxygen atoms in total. The summed E-state index contributed by atoms with van der Waals surface area (Å²) in [6.45, 7) is 0.445. The number of hydrogen-bond acceptors (Lipinski definition) is 3. The number of aliphatic hydroxyl groups is 1. The van der Waals surface area contributed by atoms with Gasteiger partial charge in [0.15, 0.2) is 5.96 Å². The van der Waals surface area contributed by atoms with E-state index in [1.165, 1.54) is 10.1 Å². The molecule has 2 aromatic rings. The SMILES string of the molecule is CN=C(NC)NCC(O)c1cc2ccccc2s1. The molecule has 0 fully saturated rings. The maximum absolute atomic E-state index is 10.1. The summed E-state index contributed by atoms with van der Waals surface area (Å²) in [5.41, 5.74) is 0. The second-order valence-corrected chi connectivity index (χ2v) is 5.02. The fourth-order valence-corrected chi connectivity index (χ4v) is 2.79. The number of guanidine groups is 1. The highest BCUT2D eigenvalue weighted by Crippen LogP contribution is 2.29. The van der Waals surface area contributed by atoms with Gasteiger partial charge in [0.25, 0.3) is 0 Å². The predicted molar refractivity (Wildman–Crippen MR) is 77.2 cm³/mol. The number of nitrogens with zero attached hydrogens (tertiary/aromatic N) is 1. The van der Waals surface area contributed by atoms with Crippen LogP contribution in [0.3, 0.4) is 0 Å². The van der Waals surface area contributed by atoms with Crippen LogP contribution >= 0.6 is 11.3 Å². The molecular weight excluding hydrogens is 246 g/mol. The van der Waals surface area contributed by atoms with E-state index in [0.717, 1.165) is 4.88 Å². The Labute approximate surface area is 110 Å². The number of aliphatic imine (C=N–C) groups is 1. The molecule has 18 heavy (non-hydrogen) atoms. The van der Waals surface area contributed by atoms with Gasteiger partial charge in [-0.1, -0.05) is 18.2 Å². The smallest absolute Gasteiger partial charge is 0.190 e. The van der Waals surface area contributed by atoms with Gasteiger partial charge in [-0.15, -0.1) is 11.3 Å². The number of benzene rings is 1. The average Bonchev–Trinajstić information content (AvgIpc) is 2.83. The van der Waals surface area contributed by atoms with Crippen LogP contribution in [-0.2, 0) is 0 Å². The van der Waals surface area contributed by atoms with E-state index in [4.69, 9.17) is 0 Å². The molecule has 5 heteroatoms. The monoisotopic (exact) mass is 263 g/mol. The molecule has 1 heterocycles. The Morgan fingerprint density at radius 1 is 1.44 bits per heavy atom. The lowest BCUT2D eigenvalue weighted by Crippen LogP contribution is -2.37. The largest absolute Gasteiger partial charge is 0.386 e. The van der Waals surface area contributed by atoms with Crippen LogP contribution in [0, 0.1) is 0 Å². The molecule has 0 aliphatic heterocycles. The van der Waals surface area contributed by atoms with Crippen molar-refractivity contribution in [3.05, 3.63) is 35.2 Å². The standard InChI is InChI=1S/C13H17N3OS/c1-14-13(15-2)16-8-10(17)12-7-9-5-3-4-6-11(9)18-12/h3-7,10,17H,8H2,1-2H3,(H2,14,15,16). The van der Waals surface area contributed by atoms with E-state index in [2.05, 4.69) is 27.8 Å². The lowest BCUT2D eigenvalue weighted by Gasteiger charge is -2.12. The summed E-state index contributed by atoms with van der Waals surface area (Å²) in [5, 5.41) is 17.3. The molecule has 0 radical (unpaired) electrons. The number of hydrogen-bond donors (Lipinski definition) is 3. The summed E-state index contributed by atoms with van der Waals surface area (Å²) in [7, 11) is 3.49. The summed E-state index contributed by atoms with van der Waals surface area (Å²) in [5.74, 6) is 0.676. The Morgan fingerprint density at radius 2 is 2.22 bits per heavy atom. The lowest BCUT2D eigenvalue weighted by molar-refractivity contribution is 0.185. The summed E-state index contributed by atoms with van der Waals surface area (Å²) in [6, 6.07) is 10.2. The van der Waals surface area contributed by atoms with E-state index in [-0.39, 0.29) is 0 Å². The first kappa shape index (κ1) is 12.9. The summed E-state index contributed by atoms with van der Waals surface area (Å²) in [4.78, 5) is 4.97. The van der Waals surface area contributed by atoms with Crippen LogP contribution in [0.2, 0.25) is 0 Å². The van der Waals surface area contributed by atoms with Gasteiger partial charge >= 0.3 is 0 Å². The molecule has 0 aliphatic carbocycles. The van der Waals surface area contributed by atoms with Crippen LogP contribution < -0.4 is 10.6 Å². The van der Waals surface area contributed by atoms with Gasteiger partial charge in [0.2, 0.25) is 0 Å². The zero-order valence-electron chi connectivity index (χ0n) is 10.5. The molecule has 2 rings (SSSR count). The van der Waals surface area contributed by atoms with Crippen LogP contribution in [0.5, 0.6) is 0 Å². The third kappa shape index (κ3) is 2.80. The molecule has 3 N–H and O–H groups in total. The normalized spacial score (nSPS) is 13.6. The van der Waals surface area contributed by atoms with E-state index < -0.39 is 6.10 Å². The van der Waals surface area contributed by atoms with Crippen molar-refractivity contribution in [3.8, 4) is 0 Å². The lowest BCUT2D eigenvalue weighted by atomic mass is 10.2. The van der Waals surface area contributed by atoms with Crippen molar-refractivity contribution in [2.75, 3.05) is 20.6 Å². The van der Waals surface area contributed by atoms with Gasteiger partial charge < -0.3 is 15.7 Å². The minimum Gasteiger partial charge on any atom is -0.386 e. The molecule has 1 aromatic carbocycles.